The molecule has 0 aliphatic rings. The Bertz CT molecular complexity index is 310. The summed E-state index contributed by atoms with van der Waals surface area (Å²) in [4.78, 5) is 0. The summed E-state index contributed by atoms with van der Waals surface area (Å²) in [6.07, 6.45) is 6.13. The van der Waals surface area contributed by atoms with E-state index in [0.29, 0.717) is 0 Å². The van der Waals surface area contributed by atoms with Crippen molar-refractivity contribution in [1.82, 2.24) is 0 Å². The van der Waals surface area contributed by atoms with Gasteiger partial charge in [-0.2, -0.15) is 17.9 Å². The molecule has 2 heteroatoms. The molecule has 0 N–H and O–H groups in total. The number of hydrogen-bond acceptors (Lipinski definition) is 2. The second-order valence-electron chi connectivity index (χ2n) is 3.70. The molecule has 0 spiro atoms. The van der Waals surface area contributed by atoms with Gasteiger partial charge in [-0.05, 0) is 42.7 Å². The van der Waals surface area contributed by atoms with Crippen molar-refractivity contribution in [3.05, 3.63) is 35.4 Å². The SMILES string of the molecule is N#Cc1ccc(CCCCCCS)cc1. The van der Waals surface area contributed by atoms with E-state index in [4.69, 9.17) is 5.26 Å². The van der Waals surface area contributed by atoms with Crippen molar-refractivity contribution < 1.29 is 0 Å². The maximum absolute atomic E-state index is 8.64. The summed E-state index contributed by atoms with van der Waals surface area (Å²) in [6.45, 7) is 0. The zero-order chi connectivity index (χ0) is 10.9. The van der Waals surface area contributed by atoms with Crippen molar-refractivity contribution in [1.29, 1.82) is 5.26 Å². The van der Waals surface area contributed by atoms with Crippen molar-refractivity contribution in [2.75, 3.05) is 5.75 Å². The monoisotopic (exact) mass is 219 g/mol. The largest absolute Gasteiger partial charge is 0.192 e. The molecule has 0 radical (unpaired) electrons. The molecule has 0 saturated carbocycles. The lowest BCUT2D eigenvalue weighted by molar-refractivity contribution is 0.671. The van der Waals surface area contributed by atoms with Gasteiger partial charge in [0, 0.05) is 0 Å². The minimum Gasteiger partial charge on any atom is -0.192 e. The smallest absolute Gasteiger partial charge is 0.0991 e. The fourth-order valence-corrected chi connectivity index (χ4v) is 1.76. The summed E-state index contributed by atoms with van der Waals surface area (Å²) in [5.41, 5.74) is 2.08. The summed E-state index contributed by atoms with van der Waals surface area (Å²) in [5, 5.41) is 8.64. The molecule has 0 amide bonds. The number of hydrogen-bond donors (Lipinski definition) is 1. The summed E-state index contributed by atoms with van der Waals surface area (Å²) in [6, 6.07) is 10.0. The molecule has 0 aliphatic carbocycles. The Kier molecular flexibility index (Phi) is 5.96. The van der Waals surface area contributed by atoms with E-state index in [-0.39, 0.29) is 0 Å². The van der Waals surface area contributed by atoms with Crippen molar-refractivity contribution in [3.8, 4) is 6.07 Å². The number of unbranched alkanes of at least 4 members (excludes halogenated alkanes) is 3. The third-order valence-electron chi connectivity index (χ3n) is 2.46. The molecule has 1 rings (SSSR count). The summed E-state index contributed by atoms with van der Waals surface area (Å²) in [7, 11) is 0. The van der Waals surface area contributed by atoms with Crippen LogP contribution in [-0.4, -0.2) is 5.75 Å². The predicted molar refractivity (Wildman–Crippen MR) is 67.2 cm³/mol. The molecule has 0 fully saturated rings. The molecular formula is C13H17NS. The summed E-state index contributed by atoms with van der Waals surface area (Å²) in [5.74, 6) is 0.997. The summed E-state index contributed by atoms with van der Waals surface area (Å²) < 4.78 is 0. The fraction of sp³-hybridized carbons (Fsp3) is 0.462. The third-order valence-corrected chi connectivity index (χ3v) is 2.77. The van der Waals surface area contributed by atoms with Crippen LogP contribution in [0, 0.1) is 11.3 Å². The van der Waals surface area contributed by atoms with E-state index in [9.17, 15) is 0 Å². The number of rotatable bonds is 6. The number of nitriles is 1. The van der Waals surface area contributed by atoms with Crippen LogP contribution in [0.5, 0.6) is 0 Å². The van der Waals surface area contributed by atoms with Crippen LogP contribution in [-0.2, 0) is 6.42 Å². The third kappa shape index (κ3) is 4.90. The van der Waals surface area contributed by atoms with Gasteiger partial charge in [0.1, 0.15) is 0 Å². The topological polar surface area (TPSA) is 23.8 Å². The Balaban J connectivity index is 2.23. The van der Waals surface area contributed by atoms with Crippen molar-refractivity contribution in [3.63, 3.8) is 0 Å². The Morgan fingerprint density at radius 3 is 2.27 bits per heavy atom. The molecule has 0 unspecified atom stereocenters. The van der Waals surface area contributed by atoms with Gasteiger partial charge in [-0.1, -0.05) is 25.0 Å². The van der Waals surface area contributed by atoms with E-state index in [2.05, 4.69) is 30.8 Å². The average Bonchev–Trinajstić information content (AvgIpc) is 2.30. The molecule has 0 saturated heterocycles. The van der Waals surface area contributed by atoms with E-state index < -0.39 is 0 Å². The van der Waals surface area contributed by atoms with Crippen LogP contribution in [0.15, 0.2) is 24.3 Å². The number of aryl methyl sites for hydroxylation is 1. The normalized spacial score (nSPS) is 9.87. The lowest BCUT2D eigenvalue weighted by Crippen LogP contribution is -1.86. The van der Waals surface area contributed by atoms with Crippen LogP contribution in [0.4, 0.5) is 0 Å². The number of benzene rings is 1. The van der Waals surface area contributed by atoms with E-state index in [1.165, 1.54) is 31.2 Å². The van der Waals surface area contributed by atoms with Gasteiger partial charge in [-0.3, -0.25) is 0 Å². The minimum absolute atomic E-state index is 0.744. The first-order valence-electron chi connectivity index (χ1n) is 5.46. The van der Waals surface area contributed by atoms with Crippen LogP contribution < -0.4 is 0 Å². The van der Waals surface area contributed by atoms with E-state index >= 15 is 0 Å². The average molecular weight is 219 g/mol. The lowest BCUT2D eigenvalue weighted by atomic mass is 10.1. The first-order valence-corrected chi connectivity index (χ1v) is 6.10. The molecule has 0 atom stereocenters. The lowest BCUT2D eigenvalue weighted by Gasteiger charge is -2.01. The maximum Gasteiger partial charge on any atom is 0.0991 e. The van der Waals surface area contributed by atoms with Gasteiger partial charge < -0.3 is 0 Å². The molecule has 1 aromatic rings. The van der Waals surface area contributed by atoms with Gasteiger partial charge in [-0.15, -0.1) is 0 Å². The molecule has 80 valence electrons. The van der Waals surface area contributed by atoms with Gasteiger partial charge >= 0.3 is 0 Å². The van der Waals surface area contributed by atoms with Crippen LogP contribution in [0.2, 0.25) is 0 Å². The molecule has 0 heterocycles. The predicted octanol–water partition coefficient (Wildman–Crippen LogP) is 3.59. The Morgan fingerprint density at radius 2 is 1.67 bits per heavy atom. The van der Waals surface area contributed by atoms with Crippen LogP contribution >= 0.6 is 12.6 Å². The molecule has 1 aromatic carbocycles. The highest BCUT2D eigenvalue weighted by Crippen LogP contribution is 2.09. The van der Waals surface area contributed by atoms with Crippen molar-refractivity contribution >= 4 is 12.6 Å². The molecule has 0 aromatic heterocycles. The van der Waals surface area contributed by atoms with Crippen LogP contribution in [0.3, 0.4) is 0 Å². The van der Waals surface area contributed by atoms with E-state index in [0.717, 1.165) is 17.7 Å². The van der Waals surface area contributed by atoms with E-state index in [1.54, 1.807) is 0 Å². The summed E-state index contributed by atoms with van der Waals surface area (Å²) >= 11 is 4.18. The van der Waals surface area contributed by atoms with E-state index in [1.807, 2.05) is 12.1 Å². The van der Waals surface area contributed by atoms with Crippen molar-refractivity contribution in [2.45, 2.75) is 32.1 Å². The number of thiol groups is 1. The molecule has 15 heavy (non-hydrogen) atoms. The van der Waals surface area contributed by atoms with Gasteiger partial charge in [0.05, 0.1) is 11.6 Å². The highest BCUT2D eigenvalue weighted by Gasteiger charge is 1.94. The minimum atomic E-state index is 0.744. The Morgan fingerprint density at radius 1 is 1.00 bits per heavy atom. The Labute approximate surface area is 97.5 Å². The Hall–Kier alpha value is -0.940. The standard InChI is InChI=1S/C13H17NS/c14-11-13-8-6-12(7-9-13)5-3-1-2-4-10-15/h6-9,15H,1-5,10H2. The molecule has 0 bridgehead atoms. The van der Waals surface area contributed by atoms with Crippen molar-refractivity contribution in [2.24, 2.45) is 0 Å². The quantitative estimate of drug-likeness (QED) is 0.573. The first-order chi connectivity index (χ1) is 7.36. The van der Waals surface area contributed by atoms with Gasteiger partial charge in [-0.25, -0.2) is 0 Å². The first kappa shape index (κ1) is 12.1. The van der Waals surface area contributed by atoms with Gasteiger partial charge in [0.15, 0.2) is 0 Å². The highest BCUT2D eigenvalue weighted by molar-refractivity contribution is 7.80. The molecule has 1 nitrogen and oxygen atoms in total. The fourth-order valence-electron chi connectivity index (χ4n) is 1.54. The van der Waals surface area contributed by atoms with Crippen LogP contribution in [0.25, 0.3) is 0 Å². The second kappa shape index (κ2) is 7.36. The highest BCUT2D eigenvalue weighted by atomic mass is 32.1. The molecule has 0 aliphatic heterocycles. The second-order valence-corrected chi connectivity index (χ2v) is 4.14. The molecular weight excluding hydrogens is 202 g/mol. The maximum atomic E-state index is 8.64. The van der Waals surface area contributed by atoms with Crippen LogP contribution in [0.1, 0.15) is 36.8 Å². The number of nitrogens with zero attached hydrogens (tertiary/aromatic N) is 1. The zero-order valence-electron chi connectivity index (χ0n) is 8.95. The van der Waals surface area contributed by atoms with Gasteiger partial charge in [0.25, 0.3) is 0 Å². The van der Waals surface area contributed by atoms with Gasteiger partial charge in [0.2, 0.25) is 0 Å². The zero-order valence-corrected chi connectivity index (χ0v) is 9.84.